The topological polar surface area (TPSA) is 44.8 Å². The molecule has 0 aliphatic rings. The van der Waals surface area contributed by atoms with Crippen LogP contribution < -0.4 is 9.47 Å². The lowest BCUT2D eigenvalue weighted by Gasteiger charge is -2.18. The summed E-state index contributed by atoms with van der Waals surface area (Å²) in [5.41, 5.74) is -0.728. The second-order valence-electron chi connectivity index (χ2n) is 6.20. The monoisotopic (exact) mass is 382 g/mol. The van der Waals surface area contributed by atoms with Crippen LogP contribution in [0.5, 0.6) is 17.2 Å². The Kier molecular flexibility index (Phi) is 6.71. The first-order valence-electron chi connectivity index (χ1n) is 8.36. The van der Waals surface area contributed by atoms with Crippen molar-refractivity contribution < 1.29 is 32.2 Å². The van der Waals surface area contributed by atoms with Gasteiger partial charge >= 0.3 is 12.1 Å². The number of halogens is 3. The van der Waals surface area contributed by atoms with Gasteiger partial charge in [0.1, 0.15) is 17.2 Å². The Morgan fingerprint density at radius 1 is 0.926 bits per heavy atom. The normalized spacial score (nSPS) is 13.6. The van der Waals surface area contributed by atoms with E-state index in [0.717, 1.165) is 12.1 Å². The minimum Gasteiger partial charge on any atom is -0.493 e. The lowest BCUT2D eigenvalue weighted by molar-refractivity contribution is -0.146. The van der Waals surface area contributed by atoms with Gasteiger partial charge in [0.05, 0.1) is 25.2 Å². The van der Waals surface area contributed by atoms with E-state index in [9.17, 15) is 18.0 Å². The number of ether oxygens (including phenoxy) is 3. The third kappa shape index (κ3) is 5.91. The van der Waals surface area contributed by atoms with Crippen LogP contribution in [0.3, 0.4) is 0 Å². The number of rotatable bonds is 7. The van der Waals surface area contributed by atoms with Gasteiger partial charge in [-0.15, -0.1) is 0 Å². The van der Waals surface area contributed by atoms with Crippen LogP contribution in [-0.2, 0) is 15.7 Å². The highest BCUT2D eigenvalue weighted by molar-refractivity contribution is 5.72. The molecule has 2 unspecified atom stereocenters. The first kappa shape index (κ1) is 20.6. The molecule has 0 bridgehead atoms. The Balaban J connectivity index is 1.90. The van der Waals surface area contributed by atoms with Crippen molar-refractivity contribution in [1.82, 2.24) is 0 Å². The molecular weight excluding hydrogens is 361 g/mol. The average Bonchev–Trinajstić information content (AvgIpc) is 2.65. The standard InChI is InChI=1S/C20H21F3O4/c1-13(14(2)19(24)25-3)12-26-16-8-10-18(11-9-16)27-17-6-4-15(5-7-17)20(21,22)23/h4-11,13-14H,12H2,1-3H3. The Hall–Kier alpha value is -2.70. The largest absolute Gasteiger partial charge is 0.493 e. The number of esters is 1. The van der Waals surface area contributed by atoms with Crippen LogP contribution in [-0.4, -0.2) is 19.7 Å². The summed E-state index contributed by atoms with van der Waals surface area (Å²) in [5, 5.41) is 0. The van der Waals surface area contributed by atoms with E-state index in [-0.39, 0.29) is 17.8 Å². The molecule has 0 heterocycles. The number of alkyl halides is 3. The summed E-state index contributed by atoms with van der Waals surface area (Å²) >= 11 is 0. The van der Waals surface area contributed by atoms with Gasteiger partial charge in [0, 0.05) is 5.92 Å². The Bertz CT molecular complexity index is 739. The molecule has 0 aliphatic carbocycles. The zero-order valence-corrected chi connectivity index (χ0v) is 15.2. The Morgan fingerprint density at radius 3 is 1.89 bits per heavy atom. The second-order valence-corrected chi connectivity index (χ2v) is 6.20. The molecular formula is C20H21F3O4. The summed E-state index contributed by atoms with van der Waals surface area (Å²) in [6.07, 6.45) is -4.37. The lowest BCUT2D eigenvalue weighted by atomic mass is 9.97. The maximum absolute atomic E-state index is 12.6. The van der Waals surface area contributed by atoms with Crippen LogP contribution >= 0.6 is 0 Å². The predicted octanol–water partition coefficient (Wildman–Crippen LogP) is 5.32. The lowest BCUT2D eigenvalue weighted by Crippen LogP contribution is -2.24. The fourth-order valence-corrected chi connectivity index (χ4v) is 2.24. The van der Waals surface area contributed by atoms with Crippen LogP contribution in [0.15, 0.2) is 48.5 Å². The maximum atomic E-state index is 12.6. The van der Waals surface area contributed by atoms with Gasteiger partial charge < -0.3 is 14.2 Å². The molecule has 146 valence electrons. The molecule has 0 aromatic heterocycles. The molecule has 4 nitrogen and oxygen atoms in total. The molecule has 0 radical (unpaired) electrons. The van der Waals surface area contributed by atoms with Crippen LogP contribution in [0.2, 0.25) is 0 Å². The average molecular weight is 382 g/mol. The zero-order valence-electron chi connectivity index (χ0n) is 15.2. The SMILES string of the molecule is COC(=O)C(C)C(C)COc1ccc(Oc2ccc(C(F)(F)F)cc2)cc1. The van der Waals surface area contributed by atoms with Gasteiger partial charge in [-0.25, -0.2) is 0 Å². The summed E-state index contributed by atoms with van der Waals surface area (Å²) in [7, 11) is 1.35. The molecule has 0 saturated heterocycles. The minimum atomic E-state index is -4.37. The van der Waals surface area contributed by atoms with Gasteiger partial charge in [-0.1, -0.05) is 13.8 Å². The molecule has 2 aromatic carbocycles. The molecule has 2 aromatic rings. The molecule has 2 rings (SSSR count). The zero-order chi connectivity index (χ0) is 20.0. The van der Waals surface area contributed by atoms with Crippen LogP contribution in [0.4, 0.5) is 13.2 Å². The number of carbonyl (C=O) groups is 1. The molecule has 0 fully saturated rings. The van der Waals surface area contributed by atoms with E-state index in [0.29, 0.717) is 23.9 Å². The van der Waals surface area contributed by atoms with Gasteiger partial charge in [-0.2, -0.15) is 13.2 Å². The Labute approximate surface area is 155 Å². The van der Waals surface area contributed by atoms with Crippen molar-refractivity contribution in [3.8, 4) is 17.2 Å². The molecule has 7 heteroatoms. The van der Waals surface area contributed by atoms with E-state index in [2.05, 4.69) is 0 Å². The maximum Gasteiger partial charge on any atom is 0.416 e. The fraction of sp³-hybridized carbons (Fsp3) is 0.350. The predicted molar refractivity (Wildman–Crippen MR) is 93.8 cm³/mol. The fourth-order valence-electron chi connectivity index (χ4n) is 2.24. The molecule has 2 atom stereocenters. The second kappa shape index (κ2) is 8.79. The number of hydrogen-bond acceptors (Lipinski definition) is 4. The molecule has 27 heavy (non-hydrogen) atoms. The van der Waals surface area contributed by atoms with E-state index in [1.165, 1.54) is 19.2 Å². The first-order chi connectivity index (χ1) is 12.7. The van der Waals surface area contributed by atoms with E-state index in [4.69, 9.17) is 14.2 Å². The number of hydrogen-bond donors (Lipinski definition) is 0. The van der Waals surface area contributed by atoms with Crippen molar-refractivity contribution in [1.29, 1.82) is 0 Å². The highest BCUT2D eigenvalue weighted by Crippen LogP contribution is 2.31. The van der Waals surface area contributed by atoms with Crippen molar-refractivity contribution in [3.05, 3.63) is 54.1 Å². The quantitative estimate of drug-likeness (QED) is 0.608. The van der Waals surface area contributed by atoms with E-state index < -0.39 is 11.7 Å². The summed E-state index contributed by atoms with van der Waals surface area (Å²) in [6.45, 7) is 4.01. The van der Waals surface area contributed by atoms with Crippen molar-refractivity contribution in [2.45, 2.75) is 20.0 Å². The van der Waals surface area contributed by atoms with E-state index >= 15 is 0 Å². The molecule has 0 saturated carbocycles. The van der Waals surface area contributed by atoms with Crippen LogP contribution in [0, 0.1) is 11.8 Å². The highest BCUT2D eigenvalue weighted by Gasteiger charge is 2.30. The minimum absolute atomic E-state index is 0.0273. The summed E-state index contributed by atoms with van der Waals surface area (Å²) in [4.78, 5) is 11.5. The first-order valence-corrected chi connectivity index (χ1v) is 8.36. The van der Waals surface area contributed by atoms with Gasteiger partial charge in [-0.05, 0) is 48.5 Å². The van der Waals surface area contributed by atoms with Crippen molar-refractivity contribution in [2.75, 3.05) is 13.7 Å². The number of carbonyl (C=O) groups excluding carboxylic acids is 1. The van der Waals surface area contributed by atoms with E-state index in [1.807, 2.05) is 6.92 Å². The summed E-state index contributed by atoms with van der Waals surface area (Å²) in [6, 6.07) is 11.2. The van der Waals surface area contributed by atoms with Gasteiger partial charge in [-0.3, -0.25) is 4.79 Å². The number of methoxy groups -OCH3 is 1. The van der Waals surface area contributed by atoms with E-state index in [1.54, 1.807) is 31.2 Å². The van der Waals surface area contributed by atoms with Gasteiger partial charge in [0.25, 0.3) is 0 Å². The molecule has 0 N–H and O–H groups in total. The molecule has 0 aliphatic heterocycles. The van der Waals surface area contributed by atoms with Crippen molar-refractivity contribution in [3.63, 3.8) is 0 Å². The van der Waals surface area contributed by atoms with Crippen molar-refractivity contribution >= 4 is 5.97 Å². The Morgan fingerprint density at radius 2 is 1.41 bits per heavy atom. The third-order valence-corrected chi connectivity index (χ3v) is 4.18. The van der Waals surface area contributed by atoms with Crippen LogP contribution in [0.1, 0.15) is 19.4 Å². The van der Waals surface area contributed by atoms with Gasteiger partial charge in [0.2, 0.25) is 0 Å². The van der Waals surface area contributed by atoms with Crippen LogP contribution in [0.25, 0.3) is 0 Å². The van der Waals surface area contributed by atoms with Crippen molar-refractivity contribution in [2.24, 2.45) is 11.8 Å². The van der Waals surface area contributed by atoms with Gasteiger partial charge in [0.15, 0.2) is 0 Å². The highest BCUT2D eigenvalue weighted by atomic mass is 19.4. The number of benzene rings is 2. The molecule has 0 amide bonds. The summed E-state index contributed by atoms with van der Waals surface area (Å²) in [5.74, 6) is 0.776. The third-order valence-electron chi connectivity index (χ3n) is 4.18. The molecule has 0 spiro atoms. The smallest absolute Gasteiger partial charge is 0.416 e. The summed E-state index contributed by atoms with van der Waals surface area (Å²) < 4.78 is 53.6.